The highest BCUT2D eigenvalue weighted by Gasteiger charge is 2.75. The lowest BCUT2D eigenvalue weighted by Crippen LogP contribution is -2.61. The van der Waals surface area contributed by atoms with Crippen molar-refractivity contribution in [1.29, 1.82) is 0 Å². The van der Waals surface area contributed by atoms with Gasteiger partial charge in [-0.25, -0.2) is 0 Å². The van der Waals surface area contributed by atoms with Gasteiger partial charge in [-0.3, -0.25) is 19.2 Å². The molecule has 0 aliphatic carbocycles. The molecule has 10 heteroatoms. The fourth-order valence-corrected chi connectivity index (χ4v) is 8.98. The van der Waals surface area contributed by atoms with Crippen molar-refractivity contribution in [2.24, 2.45) is 17.3 Å². The molecule has 52 heavy (non-hydrogen) atoms. The van der Waals surface area contributed by atoms with Crippen LogP contribution in [0.3, 0.4) is 0 Å². The van der Waals surface area contributed by atoms with Crippen LogP contribution in [0, 0.1) is 17.3 Å². The van der Waals surface area contributed by atoms with Crippen molar-refractivity contribution >= 4 is 23.7 Å². The fourth-order valence-electron chi connectivity index (χ4n) is 8.98. The summed E-state index contributed by atoms with van der Waals surface area (Å²) >= 11 is 0. The highest BCUT2D eigenvalue weighted by Crippen LogP contribution is 2.60. The summed E-state index contributed by atoms with van der Waals surface area (Å²) in [5.41, 5.74) is -0.625. The molecule has 0 aromatic heterocycles. The standard InChI is InChI=1S/C42H55N3O7/c1-8-10-21-33(47)51-26-30(28-17-13-11-14-18-28)43-37(48)34-32-22-23-42(52-32)35(34)38(49)45(31(25-46)29-19-15-12-16-20-29)36(42)39(50)44(24-9-2)41(6,7)27-40(3,4)5/h8-9,11-20,30-32,34-36,46H,1-2,10,21-27H2,3-7H3,(H,43,48)/t30-,31+,32-,34+,35+,36-,42+/m0/s1. The summed E-state index contributed by atoms with van der Waals surface area (Å²) in [6.45, 7) is 17.8. The third kappa shape index (κ3) is 7.74. The molecular weight excluding hydrogens is 658 g/mol. The van der Waals surface area contributed by atoms with E-state index in [2.05, 4.69) is 39.2 Å². The van der Waals surface area contributed by atoms with E-state index in [0.717, 1.165) is 5.56 Å². The zero-order valence-corrected chi connectivity index (χ0v) is 31.3. The number of benzene rings is 2. The van der Waals surface area contributed by atoms with Gasteiger partial charge < -0.3 is 29.7 Å². The number of allylic oxidation sites excluding steroid dienone is 1. The number of aliphatic hydroxyl groups is 1. The van der Waals surface area contributed by atoms with Crippen molar-refractivity contribution in [3.63, 3.8) is 0 Å². The van der Waals surface area contributed by atoms with Crippen LogP contribution in [-0.2, 0) is 28.7 Å². The minimum atomic E-state index is -1.29. The van der Waals surface area contributed by atoms with Gasteiger partial charge in [-0.15, -0.1) is 13.2 Å². The number of aliphatic hydroxyl groups excluding tert-OH is 1. The quantitative estimate of drug-likeness (QED) is 0.169. The number of nitrogens with one attached hydrogen (secondary N) is 1. The van der Waals surface area contributed by atoms with Crippen LogP contribution in [-0.4, -0.2) is 81.6 Å². The Morgan fingerprint density at radius 1 is 1.04 bits per heavy atom. The normalized spacial score (nSPS) is 24.9. The first kappa shape index (κ1) is 38.9. The van der Waals surface area contributed by atoms with Gasteiger partial charge in [0.15, 0.2) is 0 Å². The summed E-state index contributed by atoms with van der Waals surface area (Å²) in [4.78, 5) is 60.5. The van der Waals surface area contributed by atoms with Gasteiger partial charge in [-0.2, -0.15) is 0 Å². The summed E-state index contributed by atoms with van der Waals surface area (Å²) in [5.74, 6) is -3.40. The third-order valence-corrected chi connectivity index (χ3v) is 10.7. The molecule has 7 atom stereocenters. The molecule has 3 amide bonds. The first-order chi connectivity index (χ1) is 24.7. The van der Waals surface area contributed by atoms with E-state index < -0.39 is 71.6 Å². The highest BCUT2D eigenvalue weighted by atomic mass is 16.5. The van der Waals surface area contributed by atoms with E-state index in [1.165, 1.54) is 4.90 Å². The Bertz CT molecular complexity index is 1620. The maximum absolute atomic E-state index is 15.2. The number of fused-ring (bicyclic) bond motifs is 1. The maximum atomic E-state index is 15.2. The van der Waals surface area contributed by atoms with Gasteiger partial charge in [0.1, 0.15) is 18.2 Å². The molecule has 0 radical (unpaired) electrons. The molecule has 280 valence electrons. The van der Waals surface area contributed by atoms with Crippen LogP contribution in [0.4, 0.5) is 0 Å². The Morgan fingerprint density at radius 2 is 1.67 bits per heavy atom. The Kier molecular flexibility index (Phi) is 11.8. The third-order valence-electron chi connectivity index (χ3n) is 10.7. The summed E-state index contributed by atoms with van der Waals surface area (Å²) in [5, 5.41) is 14.0. The van der Waals surface area contributed by atoms with Crippen molar-refractivity contribution in [2.75, 3.05) is 19.8 Å². The molecule has 2 N–H and O–H groups in total. The van der Waals surface area contributed by atoms with Crippen LogP contribution >= 0.6 is 0 Å². The summed E-state index contributed by atoms with van der Waals surface area (Å²) in [6, 6.07) is 15.8. The van der Waals surface area contributed by atoms with Gasteiger partial charge in [0.25, 0.3) is 0 Å². The predicted molar refractivity (Wildman–Crippen MR) is 198 cm³/mol. The second-order valence-corrected chi connectivity index (χ2v) is 16.2. The number of carbonyl (C=O) groups is 4. The van der Waals surface area contributed by atoms with Crippen molar-refractivity contribution in [3.05, 3.63) is 97.1 Å². The Labute approximate surface area is 308 Å². The topological polar surface area (TPSA) is 125 Å². The van der Waals surface area contributed by atoms with Gasteiger partial charge in [0.2, 0.25) is 17.7 Å². The van der Waals surface area contributed by atoms with Crippen LogP contribution in [0.2, 0.25) is 0 Å². The van der Waals surface area contributed by atoms with Crippen LogP contribution in [0.5, 0.6) is 0 Å². The zero-order chi connectivity index (χ0) is 37.8. The van der Waals surface area contributed by atoms with E-state index in [0.29, 0.717) is 31.2 Å². The van der Waals surface area contributed by atoms with Crippen molar-refractivity contribution in [3.8, 4) is 0 Å². The molecule has 3 saturated heterocycles. The van der Waals surface area contributed by atoms with Crippen LogP contribution < -0.4 is 5.32 Å². The number of nitrogens with zero attached hydrogens (tertiary/aromatic N) is 2. The first-order valence-corrected chi connectivity index (χ1v) is 18.4. The number of amides is 3. The van der Waals surface area contributed by atoms with E-state index in [-0.39, 0.29) is 30.9 Å². The SMILES string of the molecule is C=CCCC(=O)OC[C@H](NC(=O)[C@@H]1[C@@H]2CC[C@]3(O2)[C@H](C(=O)N(CC=C)C(C)(C)CC(C)(C)C)N([C@H](CO)c2ccccc2)C(=O)[C@@H]13)c1ccccc1. The molecule has 3 heterocycles. The molecule has 3 aliphatic rings. The molecular formula is C42H55N3O7. The number of hydrogen-bond donors (Lipinski definition) is 2. The summed E-state index contributed by atoms with van der Waals surface area (Å²) in [7, 11) is 0. The fraction of sp³-hybridized carbons (Fsp3) is 0.524. The molecule has 3 aliphatic heterocycles. The van der Waals surface area contributed by atoms with Crippen LogP contribution in [0.25, 0.3) is 0 Å². The molecule has 0 unspecified atom stereocenters. The summed E-state index contributed by atoms with van der Waals surface area (Å²) in [6.07, 6.45) is 4.94. The lowest BCUT2D eigenvalue weighted by atomic mass is 9.70. The van der Waals surface area contributed by atoms with E-state index in [1.54, 1.807) is 17.1 Å². The number of hydrogen-bond acceptors (Lipinski definition) is 7. The first-order valence-electron chi connectivity index (χ1n) is 18.4. The van der Waals surface area contributed by atoms with Crippen LogP contribution in [0.1, 0.15) is 89.9 Å². The van der Waals surface area contributed by atoms with Gasteiger partial charge in [-0.05, 0) is 56.1 Å². The van der Waals surface area contributed by atoms with E-state index >= 15 is 4.79 Å². The van der Waals surface area contributed by atoms with Gasteiger partial charge in [-0.1, -0.05) is 93.6 Å². The number of likely N-dealkylation sites (tertiary alicyclic amines) is 1. The molecule has 10 nitrogen and oxygen atoms in total. The van der Waals surface area contributed by atoms with Crippen LogP contribution in [0.15, 0.2) is 86.0 Å². The van der Waals surface area contributed by atoms with Gasteiger partial charge >= 0.3 is 5.97 Å². The predicted octanol–water partition coefficient (Wildman–Crippen LogP) is 5.69. The smallest absolute Gasteiger partial charge is 0.306 e. The zero-order valence-electron chi connectivity index (χ0n) is 31.3. The Hall–Kier alpha value is -4.28. The monoisotopic (exact) mass is 713 g/mol. The second-order valence-electron chi connectivity index (χ2n) is 16.2. The number of esters is 1. The van der Waals surface area contributed by atoms with Gasteiger partial charge in [0, 0.05) is 18.5 Å². The molecule has 5 rings (SSSR count). The molecule has 1 spiro atoms. The maximum Gasteiger partial charge on any atom is 0.306 e. The van der Waals surface area contributed by atoms with E-state index in [1.807, 2.05) is 74.5 Å². The average Bonchev–Trinajstić information content (AvgIpc) is 3.75. The van der Waals surface area contributed by atoms with Crippen molar-refractivity contribution in [1.82, 2.24) is 15.1 Å². The average molecular weight is 714 g/mol. The van der Waals surface area contributed by atoms with E-state index in [4.69, 9.17) is 9.47 Å². The lowest BCUT2D eigenvalue weighted by molar-refractivity contribution is -0.155. The molecule has 2 aromatic rings. The Balaban J connectivity index is 1.54. The van der Waals surface area contributed by atoms with Crippen molar-refractivity contribution in [2.45, 2.75) is 102 Å². The summed E-state index contributed by atoms with van der Waals surface area (Å²) < 4.78 is 12.4. The van der Waals surface area contributed by atoms with Crippen molar-refractivity contribution < 1.29 is 33.8 Å². The van der Waals surface area contributed by atoms with E-state index in [9.17, 15) is 19.5 Å². The number of ether oxygens (including phenoxy) is 2. The van der Waals surface area contributed by atoms with Gasteiger partial charge in [0.05, 0.1) is 36.6 Å². The minimum absolute atomic E-state index is 0.0963. The molecule has 3 fully saturated rings. The molecule has 2 aromatic carbocycles. The molecule has 2 bridgehead atoms. The minimum Gasteiger partial charge on any atom is -0.463 e. The molecule has 0 saturated carbocycles. The lowest BCUT2D eigenvalue weighted by Gasteiger charge is -2.46. The number of carbonyl (C=O) groups excluding carboxylic acids is 4. The number of rotatable bonds is 16. The second kappa shape index (κ2) is 15.8. The largest absolute Gasteiger partial charge is 0.463 e. The highest BCUT2D eigenvalue weighted by molar-refractivity contribution is 5.99. The Morgan fingerprint density at radius 3 is 2.25 bits per heavy atom.